The van der Waals surface area contributed by atoms with Crippen LogP contribution in [0.1, 0.15) is 37.7 Å². The number of nitrogens with two attached hydrogens (primary N) is 1. The van der Waals surface area contributed by atoms with E-state index in [1.807, 2.05) is 24.3 Å². The summed E-state index contributed by atoms with van der Waals surface area (Å²) in [5.41, 5.74) is 7.15. The second-order valence-electron chi connectivity index (χ2n) is 6.15. The molecule has 2 rings (SSSR count). The third kappa shape index (κ3) is 6.16. The van der Waals surface area contributed by atoms with E-state index in [2.05, 4.69) is 5.32 Å². The SMILES string of the molecule is COCCS(=O)Cc1cccc(NC(=O)C2(N)CCCCC2)c1.Cl. The maximum atomic E-state index is 12.5. The van der Waals surface area contributed by atoms with Crippen molar-refractivity contribution >= 4 is 34.8 Å². The van der Waals surface area contributed by atoms with Crippen molar-refractivity contribution in [3.63, 3.8) is 0 Å². The lowest BCUT2D eigenvalue weighted by Crippen LogP contribution is -2.52. The highest BCUT2D eigenvalue weighted by Crippen LogP contribution is 2.27. The summed E-state index contributed by atoms with van der Waals surface area (Å²) < 4.78 is 16.9. The average Bonchev–Trinajstić information content (AvgIpc) is 2.54. The molecule has 1 unspecified atom stereocenters. The Morgan fingerprint density at radius 1 is 1.33 bits per heavy atom. The maximum Gasteiger partial charge on any atom is 0.244 e. The first-order valence-corrected chi connectivity index (χ1v) is 9.55. The predicted octanol–water partition coefficient (Wildman–Crippen LogP) is 2.60. The highest BCUT2D eigenvalue weighted by atomic mass is 35.5. The number of benzene rings is 1. The van der Waals surface area contributed by atoms with Gasteiger partial charge in [-0.1, -0.05) is 31.4 Å². The summed E-state index contributed by atoms with van der Waals surface area (Å²) in [6.07, 6.45) is 4.62. The van der Waals surface area contributed by atoms with Crippen molar-refractivity contribution in [2.75, 3.05) is 24.8 Å². The molecule has 1 aliphatic carbocycles. The van der Waals surface area contributed by atoms with Crippen LogP contribution in [-0.2, 0) is 26.1 Å². The number of carbonyl (C=O) groups excluding carboxylic acids is 1. The van der Waals surface area contributed by atoms with Gasteiger partial charge in [-0.25, -0.2) is 0 Å². The number of hydrogen-bond donors (Lipinski definition) is 2. The van der Waals surface area contributed by atoms with Gasteiger partial charge in [-0.05, 0) is 30.5 Å². The van der Waals surface area contributed by atoms with Gasteiger partial charge in [-0.3, -0.25) is 9.00 Å². The normalized spacial score (nSPS) is 17.6. The molecule has 1 aliphatic rings. The van der Waals surface area contributed by atoms with Crippen LogP contribution in [0.25, 0.3) is 0 Å². The Morgan fingerprint density at radius 3 is 2.71 bits per heavy atom. The van der Waals surface area contributed by atoms with Gasteiger partial charge < -0.3 is 15.8 Å². The van der Waals surface area contributed by atoms with Crippen LogP contribution >= 0.6 is 12.4 Å². The second-order valence-corrected chi connectivity index (χ2v) is 7.73. The fourth-order valence-electron chi connectivity index (χ4n) is 2.84. The van der Waals surface area contributed by atoms with Crippen LogP contribution in [-0.4, -0.2) is 35.1 Å². The molecule has 0 spiro atoms. The molecule has 1 fully saturated rings. The van der Waals surface area contributed by atoms with E-state index in [0.717, 1.165) is 37.7 Å². The van der Waals surface area contributed by atoms with Crippen LogP contribution in [0.15, 0.2) is 24.3 Å². The molecule has 1 saturated carbocycles. The van der Waals surface area contributed by atoms with Crippen LogP contribution in [0, 0.1) is 0 Å². The van der Waals surface area contributed by atoms with E-state index in [1.54, 1.807) is 7.11 Å². The summed E-state index contributed by atoms with van der Waals surface area (Å²) in [7, 11) is 0.632. The van der Waals surface area contributed by atoms with Crippen LogP contribution in [0.3, 0.4) is 0 Å². The molecule has 7 heteroatoms. The summed E-state index contributed by atoms with van der Waals surface area (Å²) in [6.45, 7) is 0.485. The van der Waals surface area contributed by atoms with Gasteiger partial charge in [0.2, 0.25) is 5.91 Å². The number of rotatable bonds is 7. The lowest BCUT2D eigenvalue weighted by Gasteiger charge is -2.31. The summed E-state index contributed by atoms with van der Waals surface area (Å²) in [4.78, 5) is 12.5. The quantitative estimate of drug-likeness (QED) is 0.768. The molecule has 1 amide bonds. The summed E-state index contributed by atoms with van der Waals surface area (Å²) in [6, 6.07) is 7.49. The minimum absolute atomic E-state index is 0. The van der Waals surface area contributed by atoms with Crippen LogP contribution < -0.4 is 11.1 Å². The van der Waals surface area contributed by atoms with E-state index in [-0.39, 0.29) is 18.3 Å². The van der Waals surface area contributed by atoms with Crippen LogP contribution in [0.4, 0.5) is 5.69 Å². The Labute approximate surface area is 152 Å². The van der Waals surface area contributed by atoms with E-state index >= 15 is 0 Å². The average molecular weight is 375 g/mol. The summed E-state index contributed by atoms with van der Waals surface area (Å²) in [5, 5.41) is 2.92. The van der Waals surface area contributed by atoms with Gasteiger partial charge in [0.05, 0.1) is 12.1 Å². The maximum absolute atomic E-state index is 12.5. The van der Waals surface area contributed by atoms with E-state index in [9.17, 15) is 9.00 Å². The lowest BCUT2D eigenvalue weighted by atomic mass is 9.82. The zero-order valence-electron chi connectivity index (χ0n) is 14.1. The molecule has 0 aromatic heterocycles. The Balaban J connectivity index is 0.00000288. The van der Waals surface area contributed by atoms with Gasteiger partial charge in [0, 0.05) is 35.1 Å². The van der Waals surface area contributed by atoms with Crippen molar-refractivity contribution in [2.45, 2.75) is 43.4 Å². The van der Waals surface area contributed by atoms with Gasteiger partial charge in [-0.15, -0.1) is 12.4 Å². The predicted molar refractivity (Wildman–Crippen MR) is 101 cm³/mol. The molecule has 1 aromatic rings. The molecule has 0 radical (unpaired) electrons. The van der Waals surface area contributed by atoms with Gasteiger partial charge >= 0.3 is 0 Å². The Bertz CT molecular complexity index is 563. The van der Waals surface area contributed by atoms with Crippen molar-refractivity contribution in [3.05, 3.63) is 29.8 Å². The Kier molecular flexibility index (Phi) is 8.91. The highest BCUT2D eigenvalue weighted by molar-refractivity contribution is 7.84. The molecule has 0 heterocycles. The van der Waals surface area contributed by atoms with Crippen molar-refractivity contribution in [3.8, 4) is 0 Å². The van der Waals surface area contributed by atoms with Crippen molar-refractivity contribution in [1.29, 1.82) is 0 Å². The third-order valence-corrected chi connectivity index (χ3v) is 5.50. The molecule has 0 aliphatic heterocycles. The van der Waals surface area contributed by atoms with E-state index < -0.39 is 16.3 Å². The molecule has 0 bridgehead atoms. The molecule has 1 aromatic carbocycles. The second kappa shape index (κ2) is 10.1. The lowest BCUT2D eigenvalue weighted by molar-refractivity contribution is -0.122. The number of methoxy groups -OCH3 is 1. The first-order valence-electron chi connectivity index (χ1n) is 8.07. The smallest absolute Gasteiger partial charge is 0.244 e. The molecular formula is C17H27ClN2O3S. The molecule has 5 nitrogen and oxygen atoms in total. The largest absolute Gasteiger partial charge is 0.384 e. The molecule has 3 N–H and O–H groups in total. The number of halogens is 1. The fraction of sp³-hybridized carbons (Fsp3) is 0.588. The highest BCUT2D eigenvalue weighted by Gasteiger charge is 2.35. The number of carbonyl (C=O) groups is 1. The zero-order valence-corrected chi connectivity index (χ0v) is 15.7. The number of ether oxygens (including phenoxy) is 1. The number of nitrogens with one attached hydrogen (secondary N) is 1. The number of anilines is 1. The standard InChI is InChI=1S/C17H26N2O3S.ClH/c1-22-10-11-23(21)13-14-6-5-7-15(12-14)19-16(20)17(18)8-3-2-4-9-17;/h5-7,12H,2-4,8-11,13,18H2,1H3,(H,19,20);1H. The Hall–Kier alpha value is -0.950. The zero-order chi connectivity index (χ0) is 16.7. The van der Waals surface area contributed by atoms with E-state index in [1.165, 1.54) is 0 Å². The molecular weight excluding hydrogens is 348 g/mol. The van der Waals surface area contributed by atoms with Crippen molar-refractivity contribution < 1.29 is 13.7 Å². The van der Waals surface area contributed by atoms with Gasteiger partial charge in [0.1, 0.15) is 0 Å². The summed E-state index contributed by atoms with van der Waals surface area (Å²) in [5.74, 6) is 0.856. The van der Waals surface area contributed by atoms with Crippen LogP contribution in [0.5, 0.6) is 0 Å². The molecule has 0 saturated heterocycles. The topological polar surface area (TPSA) is 81.4 Å². The fourth-order valence-corrected chi connectivity index (χ4v) is 3.89. The Morgan fingerprint density at radius 2 is 2.04 bits per heavy atom. The number of amides is 1. The summed E-state index contributed by atoms with van der Waals surface area (Å²) >= 11 is 0. The van der Waals surface area contributed by atoms with E-state index in [4.69, 9.17) is 10.5 Å². The first-order chi connectivity index (χ1) is 11.0. The molecule has 24 heavy (non-hydrogen) atoms. The van der Waals surface area contributed by atoms with Crippen LogP contribution in [0.2, 0.25) is 0 Å². The van der Waals surface area contributed by atoms with Crippen molar-refractivity contribution in [1.82, 2.24) is 0 Å². The monoisotopic (exact) mass is 374 g/mol. The third-order valence-electron chi connectivity index (χ3n) is 4.23. The van der Waals surface area contributed by atoms with Crippen molar-refractivity contribution in [2.24, 2.45) is 5.73 Å². The minimum atomic E-state index is -0.967. The van der Waals surface area contributed by atoms with E-state index in [0.29, 0.717) is 23.8 Å². The minimum Gasteiger partial charge on any atom is -0.384 e. The van der Waals surface area contributed by atoms with Gasteiger partial charge in [0.15, 0.2) is 0 Å². The molecule has 136 valence electrons. The van der Waals surface area contributed by atoms with Gasteiger partial charge in [0.25, 0.3) is 0 Å². The number of hydrogen-bond acceptors (Lipinski definition) is 4. The first kappa shape index (κ1) is 21.1. The molecule has 1 atom stereocenters. The van der Waals surface area contributed by atoms with Gasteiger partial charge in [-0.2, -0.15) is 0 Å².